The summed E-state index contributed by atoms with van der Waals surface area (Å²) in [6, 6.07) is 12.2. The van der Waals surface area contributed by atoms with Crippen LogP contribution in [0.3, 0.4) is 0 Å². The third-order valence-corrected chi connectivity index (χ3v) is 4.01. The summed E-state index contributed by atoms with van der Waals surface area (Å²) in [4.78, 5) is 2.19. The fourth-order valence-corrected chi connectivity index (χ4v) is 2.48. The Labute approximate surface area is 134 Å². The zero-order valence-electron chi connectivity index (χ0n) is 11.8. The molecule has 0 saturated heterocycles. The van der Waals surface area contributed by atoms with E-state index in [9.17, 15) is 4.39 Å². The zero-order valence-corrected chi connectivity index (χ0v) is 13.4. The number of nitrogens with zero attached hydrogens (tertiary/aromatic N) is 1. The van der Waals surface area contributed by atoms with Gasteiger partial charge >= 0.3 is 0 Å². The number of benzene rings is 2. The van der Waals surface area contributed by atoms with E-state index in [2.05, 4.69) is 6.92 Å². The van der Waals surface area contributed by atoms with Crippen molar-refractivity contribution in [2.24, 2.45) is 5.73 Å². The van der Waals surface area contributed by atoms with Crippen LogP contribution in [0.1, 0.15) is 24.1 Å². The number of hydrogen-bond donors (Lipinski definition) is 1. The normalized spacial score (nSPS) is 12.0. The van der Waals surface area contributed by atoms with Gasteiger partial charge in [0.25, 0.3) is 0 Å². The van der Waals surface area contributed by atoms with Crippen molar-refractivity contribution in [2.45, 2.75) is 13.0 Å². The van der Waals surface area contributed by atoms with Crippen LogP contribution in [0, 0.1) is 5.82 Å². The van der Waals surface area contributed by atoms with Crippen molar-refractivity contribution in [3.63, 3.8) is 0 Å². The molecule has 5 heteroatoms. The van der Waals surface area contributed by atoms with Gasteiger partial charge in [-0.1, -0.05) is 36.0 Å². The summed E-state index contributed by atoms with van der Waals surface area (Å²) >= 11 is 10.9. The van der Waals surface area contributed by atoms with Gasteiger partial charge in [-0.15, -0.1) is 0 Å². The second kappa shape index (κ2) is 6.41. The molecule has 0 bridgehead atoms. The summed E-state index contributed by atoms with van der Waals surface area (Å²) in [6.07, 6.45) is 0. The minimum absolute atomic E-state index is 0.0702. The fraction of sp³-hybridized carbons (Fsp3) is 0.188. The van der Waals surface area contributed by atoms with Crippen molar-refractivity contribution in [2.75, 3.05) is 11.9 Å². The molecule has 0 aromatic heterocycles. The monoisotopic (exact) mass is 322 g/mol. The SMILES string of the molecule is CC(c1ccc(Cl)cc1)N(C)c1ccc(F)cc1C(N)=S. The molecule has 2 aromatic rings. The first-order valence-electron chi connectivity index (χ1n) is 6.48. The number of nitrogens with two attached hydrogens (primary N) is 1. The van der Waals surface area contributed by atoms with E-state index in [1.165, 1.54) is 12.1 Å². The Morgan fingerprint density at radius 3 is 2.43 bits per heavy atom. The molecule has 0 amide bonds. The van der Waals surface area contributed by atoms with E-state index in [0.717, 1.165) is 11.3 Å². The molecule has 0 radical (unpaired) electrons. The molecule has 1 atom stereocenters. The quantitative estimate of drug-likeness (QED) is 0.850. The third kappa shape index (κ3) is 3.52. The first kappa shape index (κ1) is 15.7. The van der Waals surface area contributed by atoms with Gasteiger partial charge in [0, 0.05) is 23.3 Å². The van der Waals surface area contributed by atoms with Crippen LogP contribution in [-0.2, 0) is 0 Å². The molecule has 0 aliphatic carbocycles. The van der Waals surface area contributed by atoms with Crippen molar-refractivity contribution >= 4 is 34.5 Å². The summed E-state index contributed by atoms with van der Waals surface area (Å²) < 4.78 is 13.4. The third-order valence-electron chi connectivity index (χ3n) is 3.54. The number of hydrogen-bond acceptors (Lipinski definition) is 2. The highest BCUT2D eigenvalue weighted by atomic mass is 35.5. The van der Waals surface area contributed by atoms with E-state index >= 15 is 0 Å². The molecule has 0 saturated carbocycles. The molecule has 110 valence electrons. The van der Waals surface area contributed by atoms with Gasteiger partial charge in [0.2, 0.25) is 0 Å². The lowest BCUT2D eigenvalue weighted by molar-refractivity contribution is 0.626. The van der Waals surface area contributed by atoms with Gasteiger partial charge in [0.15, 0.2) is 0 Å². The summed E-state index contributed by atoms with van der Waals surface area (Å²) in [5, 5.41) is 0.694. The Kier molecular flexibility index (Phi) is 4.80. The van der Waals surface area contributed by atoms with E-state index in [0.29, 0.717) is 10.6 Å². The lowest BCUT2D eigenvalue weighted by Crippen LogP contribution is -2.25. The fourth-order valence-electron chi connectivity index (χ4n) is 2.19. The van der Waals surface area contributed by atoms with Gasteiger partial charge in [0.1, 0.15) is 10.8 Å². The largest absolute Gasteiger partial charge is 0.389 e. The van der Waals surface area contributed by atoms with Crippen LogP contribution in [0.4, 0.5) is 10.1 Å². The Hall–Kier alpha value is -1.65. The zero-order chi connectivity index (χ0) is 15.6. The van der Waals surface area contributed by atoms with E-state index < -0.39 is 0 Å². The Morgan fingerprint density at radius 1 is 1.24 bits per heavy atom. The average Bonchev–Trinajstić information content (AvgIpc) is 2.46. The molecular weight excluding hydrogens is 307 g/mol. The summed E-state index contributed by atoms with van der Waals surface area (Å²) in [5.74, 6) is -0.353. The van der Waals surface area contributed by atoms with E-state index in [1.54, 1.807) is 6.07 Å². The number of anilines is 1. The molecular formula is C16H16ClFN2S. The maximum absolute atomic E-state index is 13.4. The Bertz CT molecular complexity index is 658. The van der Waals surface area contributed by atoms with Gasteiger partial charge in [-0.2, -0.15) is 0 Å². The molecule has 2 nitrogen and oxygen atoms in total. The highest BCUT2D eigenvalue weighted by molar-refractivity contribution is 7.80. The standard InChI is InChI=1S/C16H16ClFN2S/c1-10(11-3-5-12(17)6-4-11)20(2)15-8-7-13(18)9-14(15)16(19)21/h3-10H,1-2H3,(H2,19,21). The van der Waals surface area contributed by atoms with Crippen LogP contribution in [0.2, 0.25) is 5.02 Å². The molecule has 0 aliphatic heterocycles. The topological polar surface area (TPSA) is 29.3 Å². The first-order chi connectivity index (χ1) is 9.90. The Balaban J connectivity index is 2.37. The smallest absolute Gasteiger partial charge is 0.124 e. The van der Waals surface area contributed by atoms with E-state index in [4.69, 9.17) is 29.6 Å². The summed E-state index contributed by atoms with van der Waals surface area (Å²) in [7, 11) is 1.92. The molecule has 0 fully saturated rings. The molecule has 1 unspecified atom stereocenters. The maximum atomic E-state index is 13.4. The van der Waals surface area contributed by atoms with Crippen LogP contribution in [0.5, 0.6) is 0 Å². The number of halogens is 2. The molecule has 0 heterocycles. The predicted octanol–water partition coefficient (Wildman–Crippen LogP) is 4.31. The van der Waals surface area contributed by atoms with Crippen LogP contribution in [0.15, 0.2) is 42.5 Å². The van der Waals surface area contributed by atoms with Gasteiger partial charge in [-0.25, -0.2) is 4.39 Å². The predicted molar refractivity (Wildman–Crippen MR) is 90.6 cm³/mol. The van der Waals surface area contributed by atoms with Crippen LogP contribution < -0.4 is 10.6 Å². The van der Waals surface area contributed by atoms with Crippen molar-refractivity contribution < 1.29 is 4.39 Å². The van der Waals surface area contributed by atoms with Gasteiger partial charge < -0.3 is 10.6 Å². The highest BCUT2D eigenvalue weighted by Crippen LogP contribution is 2.29. The molecule has 2 N–H and O–H groups in total. The lowest BCUT2D eigenvalue weighted by atomic mass is 10.0. The first-order valence-corrected chi connectivity index (χ1v) is 7.26. The van der Waals surface area contributed by atoms with Crippen molar-refractivity contribution in [1.29, 1.82) is 0 Å². The van der Waals surface area contributed by atoms with Crippen LogP contribution in [0.25, 0.3) is 0 Å². The average molecular weight is 323 g/mol. The lowest BCUT2D eigenvalue weighted by Gasteiger charge is -2.29. The van der Waals surface area contributed by atoms with Crippen LogP contribution >= 0.6 is 23.8 Å². The molecule has 2 aromatic carbocycles. The van der Waals surface area contributed by atoms with Gasteiger partial charge in [0.05, 0.1) is 6.04 Å². The minimum atomic E-state index is -0.353. The maximum Gasteiger partial charge on any atom is 0.124 e. The van der Waals surface area contributed by atoms with Crippen molar-refractivity contribution in [3.05, 3.63) is 64.4 Å². The summed E-state index contributed by atoms with van der Waals surface area (Å²) in [5.41, 5.74) is 8.13. The highest BCUT2D eigenvalue weighted by Gasteiger charge is 2.17. The Morgan fingerprint density at radius 2 is 1.86 bits per heavy atom. The molecule has 0 spiro atoms. The van der Waals surface area contributed by atoms with Gasteiger partial charge in [-0.05, 0) is 42.8 Å². The summed E-state index contributed by atoms with van der Waals surface area (Å²) in [6.45, 7) is 2.05. The molecule has 2 rings (SSSR count). The number of thiocarbonyl (C=S) groups is 1. The van der Waals surface area contributed by atoms with Crippen molar-refractivity contribution in [1.82, 2.24) is 0 Å². The second-order valence-electron chi connectivity index (χ2n) is 4.86. The number of rotatable bonds is 4. The van der Waals surface area contributed by atoms with Gasteiger partial charge in [-0.3, -0.25) is 0 Å². The second-order valence-corrected chi connectivity index (χ2v) is 5.74. The van der Waals surface area contributed by atoms with E-state index in [-0.39, 0.29) is 16.8 Å². The molecule has 21 heavy (non-hydrogen) atoms. The van der Waals surface area contributed by atoms with Crippen LogP contribution in [-0.4, -0.2) is 12.0 Å². The van der Waals surface area contributed by atoms with E-state index in [1.807, 2.05) is 36.2 Å². The molecule has 0 aliphatic rings. The minimum Gasteiger partial charge on any atom is -0.389 e. The van der Waals surface area contributed by atoms with Crippen molar-refractivity contribution in [3.8, 4) is 0 Å².